The molecule has 324 valence electrons. The van der Waals surface area contributed by atoms with Gasteiger partial charge in [-0.2, -0.15) is 0 Å². The highest BCUT2D eigenvalue weighted by Gasteiger charge is 2.46. The summed E-state index contributed by atoms with van der Waals surface area (Å²) >= 11 is 0. The molecule has 0 N–H and O–H groups in total. The van der Waals surface area contributed by atoms with Crippen molar-refractivity contribution in [1.82, 2.24) is 9.13 Å². The lowest BCUT2D eigenvalue weighted by atomic mass is 9.73. The highest BCUT2D eigenvalue weighted by atomic mass is 15.0. The summed E-state index contributed by atoms with van der Waals surface area (Å²) in [5.74, 6) is 0. The maximum atomic E-state index is 2.52. The second-order valence-corrected chi connectivity index (χ2v) is 19.5. The molecule has 2 heterocycles. The Morgan fingerprint density at radius 2 is 0.725 bits per heavy atom. The molecule has 1 fully saturated rings. The Morgan fingerprint density at radius 1 is 0.290 bits per heavy atom. The van der Waals surface area contributed by atoms with Gasteiger partial charge in [0.05, 0.1) is 22.1 Å². The van der Waals surface area contributed by atoms with E-state index >= 15 is 0 Å². The monoisotopic (exact) mass is 878 g/mol. The first-order chi connectivity index (χ1) is 34.2. The topological polar surface area (TPSA) is 9.86 Å². The first-order valence-corrected chi connectivity index (χ1v) is 24.6. The molecule has 13 aromatic rings. The van der Waals surface area contributed by atoms with Gasteiger partial charge in [-0.15, -0.1) is 0 Å². The number of fused-ring (bicyclic) bond motifs is 13. The maximum absolute atomic E-state index is 2.52. The van der Waals surface area contributed by atoms with Crippen LogP contribution in [0.5, 0.6) is 0 Å². The van der Waals surface area contributed by atoms with E-state index in [0.29, 0.717) is 0 Å². The standard InChI is InChI=1S/C67H46N2/c1-3-18-45(19-4-1)68-61-32-11-8-23-50(61)58-40-43(34-36-63(58)68)47-25-15-27-52-56(47)42-57-48(44-35-37-64-59(41-44)51-24-9-12-33-62(51)69(64)46-20-5-2-6-21-46)26-16-28-53(57)65(52)55-30-17-29-54-49-22-7-10-31-60(49)67(66(54)55)38-13-14-39-67/h1-12,15-37,40-42H,13-14,38-39H2. The molecule has 1 saturated carbocycles. The van der Waals surface area contributed by atoms with Crippen molar-refractivity contribution in [3.63, 3.8) is 0 Å². The van der Waals surface area contributed by atoms with E-state index in [2.05, 4.69) is 240 Å². The molecule has 0 radical (unpaired) electrons. The van der Waals surface area contributed by atoms with Crippen LogP contribution in [0.1, 0.15) is 36.8 Å². The lowest BCUT2D eigenvalue weighted by Gasteiger charge is -2.30. The molecule has 1 spiro atoms. The van der Waals surface area contributed by atoms with Crippen LogP contribution < -0.4 is 0 Å². The van der Waals surface area contributed by atoms with E-state index in [-0.39, 0.29) is 5.41 Å². The van der Waals surface area contributed by atoms with E-state index in [1.165, 1.54) is 158 Å². The Hall–Kier alpha value is -8.46. The molecular formula is C67H46N2. The third-order valence-electron chi connectivity index (χ3n) is 16.0. The highest BCUT2D eigenvalue weighted by Crippen LogP contribution is 2.60. The van der Waals surface area contributed by atoms with Gasteiger partial charge < -0.3 is 9.13 Å². The SMILES string of the molecule is c1ccc(-n2c3ccccc3c3cc(-c4cccc5c(-c6cccc7c6C6(CCCC6)c6ccccc6-7)c6cccc(-c7ccc8c(c7)c7ccccc7n8-c7ccccc7)c6cc45)ccc32)cc1. The lowest BCUT2D eigenvalue weighted by molar-refractivity contribution is 0.551. The van der Waals surface area contributed by atoms with Crippen LogP contribution in [0.25, 0.3) is 121 Å². The second kappa shape index (κ2) is 14.8. The summed E-state index contributed by atoms with van der Waals surface area (Å²) in [7, 11) is 0. The number of aromatic nitrogens is 2. The van der Waals surface area contributed by atoms with E-state index < -0.39 is 0 Å². The third kappa shape index (κ3) is 5.49. The summed E-state index contributed by atoms with van der Waals surface area (Å²) in [5, 5.41) is 10.2. The lowest BCUT2D eigenvalue weighted by Crippen LogP contribution is -2.21. The van der Waals surface area contributed by atoms with Crippen molar-refractivity contribution in [3.05, 3.63) is 242 Å². The molecule has 11 aromatic carbocycles. The first kappa shape index (κ1) is 38.6. The van der Waals surface area contributed by atoms with E-state index in [4.69, 9.17) is 0 Å². The fourth-order valence-corrected chi connectivity index (χ4v) is 13.2. The number of para-hydroxylation sites is 4. The number of benzene rings is 11. The molecule has 2 nitrogen and oxygen atoms in total. The number of nitrogens with zero attached hydrogens (tertiary/aromatic N) is 2. The van der Waals surface area contributed by atoms with Crippen LogP contribution in [-0.4, -0.2) is 9.13 Å². The molecule has 0 saturated heterocycles. The van der Waals surface area contributed by atoms with Gasteiger partial charge in [0.15, 0.2) is 0 Å². The van der Waals surface area contributed by atoms with Crippen LogP contribution in [0.3, 0.4) is 0 Å². The summed E-state index contributed by atoms with van der Waals surface area (Å²) in [6, 6.07) is 86.7. The van der Waals surface area contributed by atoms with Gasteiger partial charge in [0, 0.05) is 38.3 Å². The van der Waals surface area contributed by atoms with Crippen LogP contribution in [0.15, 0.2) is 231 Å². The normalized spacial score (nSPS) is 14.0. The largest absolute Gasteiger partial charge is 0.309 e. The van der Waals surface area contributed by atoms with Crippen molar-refractivity contribution < 1.29 is 0 Å². The van der Waals surface area contributed by atoms with Gasteiger partial charge in [-0.05, 0) is 157 Å². The molecule has 2 aromatic heterocycles. The van der Waals surface area contributed by atoms with E-state index in [0.717, 1.165) is 0 Å². The van der Waals surface area contributed by atoms with Crippen molar-refractivity contribution in [2.75, 3.05) is 0 Å². The summed E-state index contributed by atoms with van der Waals surface area (Å²) in [4.78, 5) is 0. The van der Waals surface area contributed by atoms with Crippen molar-refractivity contribution in [1.29, 1.82) is 0 Å². The molecule has 0 bridgehead atoms. The smallest absolute Gasteiger partial charge is 0.0541 e. The van der Waals surface area contributed by atoms with Crippen LogP contribution in [-0.2, 0) is 5.41 Å². The van der Waals surface area contributed by atoms with Gasteiger partial charge in [0.25, 0.3) is 0 Å². The van der Waals surface area contributed by atoms with E-state index in [1.807, 2.05) is 0 Å². The average molecular weight is 879 g/mol. The molecule has 0 amide bonds. The zero-order valence-corrected chi connectivity index (χ0v) is 38.2. The first-order valence-electron chi connectivity index (χ1n) is 24.6. The molecule has 0 atom stereocenters. The molecule has 15 rings (SSSR count). The van der Waals surface area contributed by atoms with Crippen LogP contribution in [0, 0.1) is 0 Å². The maximum Gasteiger partial charge on any atom is 0.0541 e. The van der Waals surface area contributed by atoms with Gasteiger partial charge in [-0.3, -0.25) is 0 Å². The van der Waals surface area contributed by atoms with Crippen LogP contribution >= 0.6 is 0 Å². The molecule has 2 aliphatic carbocycles. The molecule has 69 heavy (non-hydrogen) atoms. The Bertz CT molecular complexity index is 4020. The average Bonchev–Trinajstić information content (AvgIpc) is 4.19. The van der Waals surface area contributed by atoms with Gasteiger partial charge >= 0.3 is 0 Å². The molecular weight excluding hydrogens is 833 g/mol. The molecule has 2 heteroatoms. The number of hydrogen-bond donors (Lipinski definition) is 0. The van der Waals surface area contributed by atoms with Crippen LogP contribution in [0.4, 0.5) is 0 Å². The number of rotatable bonds is 5. The summed E-state index contributed by atoms with van der Waals surface area (Å²) in [5.41, 5.74) is 20.7. The molecule has 0 unspecified atom stereocenters. The summed E-state index contributed by atoms with van der Waals surface area (Å²) in [6.45, 7) is 0. The Labute approximate surface area is 401 Å². The summed E-state index contributed by atoms with van der Waals surface area (Å²) in [6.07, 6.45) is 4.86. The van der Waals surface area contributed by atoms with Gasteiger partial charge in [-0.25, -0.2) is 0 Å². The Kier molecular flexibility index (Phi) is 8.27. The fourth-order valence-electron chi connectivity index (χ4n) is 13.2. The van der Waals surface area contributed by atoms with E-state index in [9.17, 15) is 0 Å². The highest BCUT2D eigenvalue weighted by molar-refractivity contribution is 6.21. The van der Waals surface area contributed by atoms with Crippen molar-refractivity contribution in [2.45, 2.75) is 31.1 Å². The third-order valence-corrected chi connectivity index (χ3v) is 16.0. The minimum atomic E-state index is 0.00222. The molecule has 0 aliphatic heterocycles. The molecule has 2 aliphatic rings. The quantitative estimate of drug-likeness (QED) is 0.152. The van der Waals surface area contributed by atoms with E-state index in [1.54, 1.807) is 0 Å². The van der Waals surface area contributed by atoms with Gasteiger partial charge in [0.1, 0.15) is 0 Å². The van der Waals surface area contributed by atoms with Crippen molar-refractivity contribution in [2.24, 2.45) is 0 Å². The second-order valence-electron chi connectivity index (χ2n) is 19.5. The fraction of sp³-hybridized carbons (Fsp3) is 0.0746. The summed E-state index contributed by atoms with van der Waals surface area (Å²) < 4.78 is 4.83. The van der Waals surface area contributed by atoms with Crippen LogP contribution in [0.2, 0.25) is 0 Å². The Morgan fingerprint density at radius 3 is 1.30 bits per heavy atom. The zero-order chi connectivity index (χ0) is 45.2. The minimum absolute atomic E-state index is 0.00222. The predicted octanol–water partition coefficient (Wildman–Crippen LogP) is 18.0. The minimum Gasteiger partial charge on any atom is -0.309 e. The van der Waals surface area contributed by atoms with Gasteiger partial charge in [-0.1, -0.05) is 177 Å². The van der Waals surface area contributed by atoms with Crippen molar-refractivity contribution in [3.8, 4) is 55.9 Å². The zero-order valence-electron chi connectivity index (χ0n) is 38.2. The predicted molar refractivity (Wildman–Crippen MR) is 291 cm³/mol. The van der Waals surface area contributed by atoms with Gasteiger partial charge in [0.2, 0.25) is 0 Å². The van der Waals surface area contributed by atoms with Crippen molar-refractivity contribution >= 4 is 65.2 Å². The number of hydrogen-bond acceptors (Lipinski definition) is 0. The Balaban J connectivity index is 1.03.